The van der Waals surface area contributed by atoms with Gasteiger partial charge in [0.1, 0.15) is 12.5 Å². The van der Waals surface area contributed by atoms with Crippen LogP contribution in [0.3, 0.4) is 0 Å². The molecule has 0 N–H and O–H groups in total. The lowest BCUT2D eigenvalue weighted by Crippen LogP contribution is -2.48. The molecule has 152 valence electrons. The van der Waals surface area contributed by atoms with Crippen molar-refractivity contribution in [2.75, 3.05) is 0 Å². The molecular weight excluding hydrogens is 352 g/mol. The van der Waals surface area contributed by atoms with Gasteiger partial charge in [-0.2, -0.15) is 0 Å². The number of ether oxygens (including phenoxy) is 1. The van der Waals surface area contributed by atoms with E-state index < -0.39 is 0 Å². The van der Waals surface area contributed by atoms with Gasteiger partial charge in [-0.05, 0) is 56.1 Å². The van der Waals surface area contributed by atoms with Crippen LogP contribution in [0.5, 0.6) is 0 Å². The standard InChI is InChI=1S/C22H34N4O2/c1-16-12-13-19(24-23-15-16)22-20(28-18-10-6-3-7-11-18)14-21(27)26(25-22)17-8-4-2-5-9-17/h10,15-17,19-20,22H,2-9,11-14H2,1H3/q+2. The van der Waals surface area contributed by atoms with Crippen LogP contribution in [0.4, 0.5) is 0 Å². The van der Waals surface area contributed by atoms with Crippen LogP contribution in [0.2, 0.25) is 0 Å². The van der Waals surface area contributed by atoms with Crippen LogP contribution < -0.4 is 0 Å². The van der Waals surface area contributed by atoms with E-state index in [1.54, 1.807) is 0 Å². The Labute approximate surface area is 167 Å². The summed E-state index contributed by atoms with van der Waals surface area (Å²) in [6, 6.07) is 0.131. The van der Waals surface area contributed by atoms with Gasteiger partial charge < -0.3 is 4.74 Å². The van der Waals surface area contributed by atoms with Crippen molar-refractivity contribution >= 4 is 12.1 Å². The Morgan fingerprint density at radius 1 is 1.11 bits per heavy atom. The van der Waals surface area contributed by atoms with Gasteiger partial charge in [0.25, 0.3) is 0 Å². The first-order chi connectivity index (χ1) is 13.7. The summed E-state index contributed by atoms with van der Waals surface area (Å²) < 4.78 is 8.19. The average Bonchev–Trinajstić information content (AvgIpc) is 2.94. The predicted molar refractivity (Wildman–Crippen MR) is 105 cm³/mol. The van der Waals surface area contributed by atoms with Crippen molar-refractivity contribution in [1.29, 1.82) is 0 Å². The summed E-state index contributed by atoms with van der Waals surface area (Å²) in [6.07, 6.45) is 16.5. The Morgan fingerprint density at radius 2 is 1.96 bits per heavy atom. The Kier molecular flexibility index (Phi) is 6.36. The minimum atomic E-state index is -0.214. The van der Waals surface area contributed by atoms with Gasteiger partial charge in [0.2, 0.25) is 0 Å². The summed E-state index contributed by atoms with van der Waals surface area (Å²) in [5.74, 6) is 1.60. The van der Waals surface area contributed by atoms with Crippen molar-refractivity contribution in [3.05, 3.63) is 11.8 Å². The van der Waals surface area contributed by atoms with Gasteiger partial charge in [-0.25, -0.2) is 4.79 Å². The molecule has 2 aliphatic heterocycles. The number of hydrogen-bond donors (Lipinski definition) is 0. The average molecular weight is 387 g/mol. The summed E-state index contributed by atoms with van der Waals surface area (Å²) in [7, 11) is 0. The van der Waals surface area contributed by atoms with E-state index in [1.165, 1.54) is 25.7 Å². The van der Waals surface area contributed by atoms with Crippen LogP contribution in [0.25, 0.3) is 0 Å². The quantitative estimate of drug-likeness (QED) is 0.529. The summed E-state index contributed by atoms with van der Waals surface area (Å²) in [5.41, 5.74) is 0. The highest BCUT2D eigenvalue weighted by molar-refractivity contribution is 5.68. The van der Waals surface area contributed by atoms with Crippen LogP contribution in [0, 0.1) is 5.92 Å². The summed E-state index contributed by atoms with van der Waals surface area (Å²) >= 11 is 0. The zero-order valence-corrected chi connectivity index (χ0v) is 17.1. The van der Waals surface area contributed by atoms with Gasteiger partial charge >= 0.3 is 12.1 Å². The number of allylic oxidation sites excluding steroid dienone is 2. The fourth-order valence-electron chi connectivity index (χ4n) is 4.88. The first kappa shape index (κ1) is 19.5. The van der Waals surface area contributed by atoms with E-state index in [2.05, 4.69) is 22.9 Å². The van der Waals surface area contributed by atoms with Crippen molar-refractivity contribution in [2.24, 2.45) is 16.1 Å². The van der Waals surface area contributed by atoms with Crippen LogP contribution >= 0.6 is 0 Å². The SMILES string of the molecule is CC1C=[N+]=NC(C2N=[N+](C3CCCCC3)C(=O)CC2OC2=CCCCC2)CC1. The molecule has 0 bridgehead atoms. The second-order valence-corrected chi connectivity index (χ2v) is 8.91. The van der Waals surface area contributed by atoms with Crippen LogP contribution in [-0.4, -0.2) is 45.8 Å². The van der Waals surface area contributed by atoms with Crippen LogP contribution in [0.15, 0.2) is 22.1 Å². The Bertz CT molecular complexity index is 701. The number of rotatable bonds is 4. The third-order valence-electron chi connectivity index (χ3n) is 6.59. The van der Waals surface area contributed by atoms with E-state index in [4.69, 9.17) is 9.85 Å². The lowest BCUT2D eigenvalue weighted by Gasteiger charge is -2.30. The molecule has 0 spiro atoms. The molecule has 0 radical (unpaired) electrons. The molecule has 4 unspecified atom stereocenters. The molecular formula is C22H34N4O2+2. The van der Waals surface area contributed by atoms with Gasteiger partial charge in [-0.1, -0.05) is 18.0 Å². The van der Waals surface area contributed by atoms with E-state index >= 15 is 0 Å². The molecule has 0 saturated heterocycles. The van der Waals surface area contributed by atoms with Gasteiger partial charge in [-0.15, -0.1) is 0 Å². The number of nitrogens with zero attached hydrogens (tertiary/aromatic N) is 4. The minimum absolute atomic E-state index is 0.00502. The van der Waals surface area contributed by atoms with Gasteiger partial charge in [0.15, 0.2) is 18.1 Å². The molecule has 2 aliphatic carbocycles. The zero-order chi connectivity index (χ0) is 19.3. The van der Waals surface area contributed by atoms with Gasteiger partial charge in [0.05, 0.1) is 16.8 Å². The molecule has 4 atom stereocenters. The highest BCUT2D eigenvalue weighted by atomic mass is 16.5. The number of carbonyl (C=O) groups excluding carboxylic acids is 1. The number of azo groups is 2. The van der Waals surface area contributed by atoms with Gasteiger partial charge in [-0.3, -0.25) is 0 Å². The Morgan fingerprint density at radius 3 is 2.75 bits per heavy atom. The second kappa shape index (κ2) is 9.13. The predicted octanol–water partition coefficient (Wildman–Crippen LogP) is 4.46. The van der Waals surface area contributed by atoms with Crippen molar-refractivity contribution in [3.8, 4) is 0 Å². The van der Waals surface area contributed by atoms with Crippen molar-refractivity contribution in [2.45, 2.75) is 108 Å². The van der Waals surface area contributed by atoms with E-state index in [1.807, 2.05) is 10.9 Å². The summed E-state index contributed by atoms with van der Waals surface area (Å²) in [5, 5.41) is 9.57. The fourth-order valence-corrected chi connectivity index (χ4v) is 4.88. The molecule has 6 heteroatoms. The Balaban J connectivity index is 1.59. The maximum Gasteiger partial charge on any atom is 0.415 e. The monoisotopic (exact) mass is 386 g/mol. The molecule has 0 aromatic heterocycles. The maximum atomic E-state index is 13.0. The highest BCUT2D eigenvalue weighted by Crippen LogP contribution is 2.31. The molecule has 0 aromatic rings. The Hall–Kier alpha value is -1.81. The molecule has 1 amide bonds. The third kappa shape index (κ3) is 4.60. The molecule has 0 aromatic carbocycles. The van der Waals surface area contributed by atoms with E-state index in [0.29, 0.717) is 12.3 Å². The van der Waals surface area contributed by atoms with Gasteiger partial charge in [0, 0.05) is 24.1 Å². The summed E-state index contributed by atoms with van der Waals surface area (Å²) in [4.78, 5) is 17.3. The molecule has 4 rings (SSSR count). The third-order valence-corrected chi connectivity index (χ3v) is 6.59. The van der Waals surface area contributed by atoms with Crippen LogP contribution in [-0.2, 0) is 9.53 Å². The smallest absolute Gasteiger partial charge is 0.415 e. The van der Waals surface area contributed by atoms with Crippen molar-refractivity contribution in [1.82, 2.24) is 0 Å². The first-order valence-electron chi connectivity index (χ1n) is 11.3. The van der Waals surface area contributed by atoms with Crippen molar-refractivity contribution < 1.29 is 19.0 Å². The molecule has 6 nitrogen and oxygen atoms in total. The van der Waals surface area contributed by atoms with E-state index in [9.17, 15) is 4.79 Å². The molecule has 4 aliphatic rings. The molecule has 1 saturated carbocycles. The lowest BCUT2D eigenvalue weighted by atomic mass is 9.91. The minimum Gasteiger partial charge on any atom is -0.492 e. The number of carbonyl (C=O) groups is 1. The van der Waals surface area contributed by atoms with Crippen LogP contribution in [0.1, 0.15) is 84.0 Å². The molecule has 2 heterocycles. The zero-order valence-electron chi connectivity index (χ0n) is 17.1. The topological polar surface area (TPSA) is 68.1 Å². The number of amides is 1. The maximum absolute atomic E-state index is 13.0. The highest BCUT2D eigenvalue weighted by Gasteiger charge is 2.48. The molecule has 28 heavy (non-hydrogen) atoms. The van der Waals surface area contributed by atoms with E-state index in [0.717, 1.165) is 50.7 Å². The first-order valence-corrected chi connectivity index (χ1v) is 11.3. The largest absolute Gasteiger partial charge is 0.492 e. The normalized spacial score (nSPS) is 34.5. The summed E-state index contributed by atoms with van der Waals surface area (Å²) in [6.45, 7) is 2.18. The fraction of sp³-hybridized carbons (Fsp3) is 0.818. The molecule has 1 fully saturated rings. The second-order valence-electron chi connectivity index (χ2n) is 8.91. The van der Waals surface area contributed by atoms with Crippen molar-refractivity contribution in [3.63, 3.8) is 0 Å². The van der Waals surface area contributed by atoms with E-state index in [-0.39, 0.29) is 30.1 Å². The lowest BCUT2D eigenvalue weighted by molar-refractivity contribution is -0.565. The number of hydrogen-bond acceptors (Lipinski definition) is 4.